The van der Waals surface area contributed by atoms with Crippen LogP contribution in [0.1, 0.15) is 40.9 Å². The van der Waals surface area contributed by atoms with Crippen molar-refractivity contribution < 1.29 is 23.8 Å². The summed E-state index contributed by atoms with van der Waals surface area (Å²) in [5, 5.41) is 0. The number of hydrogen-bond donors (Lipinski definition) is 0. The maximum atomic E-state index is 13.6. The van der Waals surface area contributed by atoms with E-state index in [0.717, 1.165) is 11.1 Å². The molecule has 1 heterocycles. The number of carbonyl (C=O) groups is 2. The van der Waals surface area contributed by atoms with E-state index in [-0.39, 0.29) is 18.4 Å². The average molecular weight is 472 g/mol. The van der Waals surface area contributed by atoms with Crippen molar-refractivity contribution in [2.75, 3.05) is 20.8 Å². The Balaban J connectivity index is 1.73. The van der Waals surface area contributed by atoms with E-state index in [1.807, 2.05) is 48.5 Å². The van der Waals surface area contributed by atoms with Crippen LogP contribution >= 0.6 is 0 Å². The predicted molar refractivity (Wildman–Crippen MR) is 136 cm³/mol. The second-order valence-electron chi connectivity index (χ2n) is 8.76. The second kappa shape index (κ2) is 10.5. The monoisotopic (exact) mass is 471 g/mol. The summed E-state index contributed by atoms with van der Waals surface area (Å²) in [6.07, 6.45) is 1.80. The van der Waals surface area contributed by atoms with Crippen molar-refractivity contribution in [2.45, 2.75) is 20.4 Å². The molecule has 0 spiro atoms. The number of ether oxygens (including phenoxy) is 3. The molecule has 0 saturated heterocycles. The highest BCUT2D eigenvalue weighted by Crippen LogP contribution is 2.34. The maximum Gasteiger partial charge on any atom is 0.261 e. The Kier molecular flexibility index (Phi) is 7.20. The number of imide groups is 1. The van der Waals surface area contributed by atoms with E-state index in [2.05, 4.69) is 13.8 Å². The predicted octanol–water partition coefficient (Wildman–Crippen LogP) is 5.46. The summed E-state index contributed by atoms with van der Waals surface area (Å²) >= 11 is 0. The fourth-order valence-corrected chi connectivity index (χ4v) is 3.92. The van der Waals surface area contributed by atoms with E-state index in [1.54, 1.807) is 38.5 Å². The Bertz CT molecular complexity index is 1260. The molecule has 1 aliphatic rings. The molecule has 3 aromatic rings. The Morgan fingerprint density at radius 2 is 1.54 bits per heavy atom. The van der Waals surface area contributed by atoms with E-state index in [1.165, 1.54) is 4.90 Å². The second-order valence-corrected chi connectivity index (χ2v) is 8.76. The molecule has 2 amide bonds. The standard InChI is InChI=1S/C29H29NO5/c1-19(2)18-35-27-16-21(11-14-26(27)34-4)15-25-23-7-5-6-8-24(23)28(31)30(29(25)32)17-20-9-12-22(33-3)13-10-20/h5-16,19H,17-18H2,1-4H3/b25-15+. The fraction of sp³-hybridized carbons (Fsp3) is 0.241. The lowest BCUT2D eigenvalue weighted by molar-refractivity contribution is -0.123. The van der Waals surface area contributed by atoms with Gasteiger partial charge < -0.3 is 14.2 Å². The molecule has 6 heteroatoms. The Labute approximate surface area is 205 Å². The molecule has 1 aliphatic heterocycles. The minimum Gasteiger partial charge on any atom is -0.497 e. The number of hydrogen-bond acceptors (Lipinski definition) is 5. The molecule has 0 fully saturated rings. The van der Waals surface area contributed by atoms with Gasteiger partial charge in [0, 0.05) is 11.1 Å². The SMILES string of the molecule is COc1ccc(CN2C(=O)/C(=C/c3ccc(OC)c(OCC(C)C)c3)c3ccccc3C2=O)cc1. The van der Waals surface area contributed by atoms with Gasteiger partial charge in [0.1, 0.15) is 5.75 Å². The highest BCUT2D eigenvalue weighted by molar-refractivity contribution is 6.33. The first-order chi connectivity index (χ1) is 16.9. The highest BCUT2D eigenvalue weighted by atomic mass is 16.5. The zero-order valence-corrected chi connectivity index (χ0v) is 20.4. The van der Waals surface area contributed by atoms with Gasteiger partial charge in [-0.15, -0.1) is 0 Å². The molecule has 0 saturated carbocycles. The van der Waals surface area contributed by atoms with E-state index in [0.29, 0.717) is 46.5 Å². The molecule has 180 valence electrons. The molecule has 0 radical (unpaired) electrons. The number of carbonyl (C=O) groups excluding carboxylic acids is 2. The number of nitrogens with zero attached hydrogens (tertiary/aromatic N) is 1. The number of rotatable bonds is 8. The lowest BCUT2D eigenvalue weighted by Crippen LogP contribution is -2.41. The molecular formula is C29H29NO5. The van der Waals surface area contributed by atoms with Crippen LogP contribution in [0.5, 0.6) is 17.2 Å². The van der Waals surface area contributed by atoms with Crippen LogP contribution in [-0.2, 0) is 11.3 Å². The quantitative estimate of drug-likeness (QED) is 0.322. The molecule has 0 bridgehead atoms. The first kappa shape index (κ1) is 24.1. The molecule has 6 nitrogen and oxygen atoms in total. The molecule has 35 heavy (non-hydrogen) atoms. The summed E-state index contributed by atoms with van der Waals surface area (Å²) in [5.41, 5.74) is 3.18. The third-order valence-corrected chi connectivity index (χ3v) is 5.74. The number of methoxy groups -OCH3 is 2. The first-order valence-electron chi connectivity index (χ1n) is 11.5. The van der Waals surface area contributed by atoms with Crippen molar-refractivity contribution in [1.29, 1.82) is 0 Å². The van der Waals surface area contributed by atoms with Crippen molar-refractivity contribution in [1.82, 2.24) is 4.90 Å². The van der Waals surface area contributed by atoms with Gasteiger partial charge in [-0.05, 0) is 59.0 Å². The first-order valence-corrected chi connectivity index (χ1v) is 11.5. The zero-order chi connectivity index (χ0) is 24.9. The summed E-state index contributed by atoms with van der Waals surface area (Å²) in [6, 6.07) is 20.1. The molecule has 3 aromatic carbocycles. The van der Waals surface area contributed by atoms with Gasteiger partial charge in [-0.3, -0.25) is 14.5 Å². The topological polar surface area (TPSA) is 65.1 Å². The lowest BCUT2D eigenvalue weighted by atomic mass is 9.91. The summed E-state index contributed by atoms with van der Waals surface area (Å²) in [7, 11) is 3.19. The van der Waals surface area contributed by atoms with Crippen LogP contribution in [0.15, 0.2) is 66.7 Å². The van der Waals surface area contributed by atoms with Crippen LogP contribution in [-0.4, -0.2) is 37.5 Å². The number of benzene rings is 3. The van der Waals surface area contributed by atoms with Crippen molar-refractivity contribution in [3.05, 3.63) is 89.0 Å². The van der Waals surface area contributed by atoms with Crippen molar-refractivity contribution >= 4 is 23.5 Å². The highest BCUT2D eigenvalue weighted by Gasteiger charge is 2.34. The van der Waals surface area contributed by atoms with Gasteiger partial charge in [-0.1, -0.05) is 50.2 Å². The minimum absolute atomic E-state index is 0.165. The third kappa shape index (κ3) is 5.22. The van der Waals surface area contributed by atoms with Crippen LogP contribution in [0.2, 0.25) is 0 Å². The largest absolute Gasteiger partial charge is 0.497 e. The average Bonchev–Trinajstić information content (AvgIpc) is 2.88. The number of fused-ring (bicyclic) bond motifs is 1. The van der Waals surface area contributed by atoms with Gasteiger partial charge in [0.25, 0.3) is 11.8 Å². The van der Waals surface area contributed by atoms with Gasteiger partial charge >= 0.3 is 0 Å². The van der Waals surface area contributed by atoms with Crippen LogP contribution in [0, 0.1) is 5.92 Å². The number of amides is 2. The van der Waals surface area contributed by atoms with Crippen molar-refractivity contribution in [2.24, 2.45) is 5.92 Å². The zero-order valence-electron chi connectivity index (χ0n) is 20.4. The molecule has 4 rings (SSSR count). The van der Waals surface area contributed by atoms with Gasteiger partial charge in [0.2, 0.25) is 0 Å². The molecule has 0 unspecified atom stereocenters. The summed E-state index contributed by atoms with van der Waals surface area (Å²) in [6.45, 7) is 4.86. The molecule has 0 aromatic heterocycles. The van der Waals surface area contributed by atoms with E-state index in [9.17, 15) is 9.59 Å². The Morgan fingerprint density at radius 1 is 0.829 bits per heavy atom. The maximum absolute atomic E-state index is 13.6. The summed E-state index contributed by atoms with van der Waals surface area (Å²) in [5.74, 6) is 1.65. The molecular weight excluding hydrogens is 442 g/mol. The molecule has 0 N–H and O–H groups in total. The minimum atomic E-state index is -0.343. The van der Waals surface area contributed by atoms with Gasteiger partial charge in [0.05, 0.1) is 27.4 Å². The van der Waals surface area contributed by atoms with Crippen molar-refractivity contribution in [3.63, 3.8) is 0 Å². The van der Waals surface area contributed by atoms with Crippen molar-refractivity contribution in [3.8, 4) is 17.2 Å². The summed E-state index contributed by atoms with van der Waals surface area (Å²) < 4.78 is 16.6. The smallest absolute Gasteiger partial charge is 0.261 e. The van der Waals surface area contributed by atoms with Crippen LogP contribution < -0.4 is 14.2 Å². The Hall–Kier alpha value is -4.06. The fourth-order valence-electron chi connectivity index (χ4n) is 3.92. The normalized spacial score (nSPS) is 14.3. The van der Waals surface area contributed by atoms with E-state index >= 15 is 0 Å². The van der Waals surface area contributed by atoms with E-state index < -0.39 is 0 Å². The van der Waals surface area contributed by atoms with Crippen LogP contribution in [0.25, 0.3) is 11.6 Å². The van der Waals surface area contributed by atoms with Gasteiger partial charge in [-0.2, -0.15) is 0 Å². The lowest BCUT2D eigenvalue weighted by Gasteiger charge is -2.29. The van der Waals surface area contributed by atoms with Crippen LogP contribution in [0.4, 0.5) is 0 Å². The van der Waals surface area contributed by atoms with Crippen LogP contribution in [0.3, 0.4) is 0 Å². The van der Waals surface area contributed by atoms with E-state index in [4.69, 9.17) is 14.2 Å². The molecule has 0 atom stereocenters. The molecule has 0 aliphatic carbocycles. The van der Waals surface area contributed by atoms with Gasteiger partial charge in [-0.25, -0.2) is 0 Å². The third-order valence-electron chi connectivity index (χ3n) is 5.74. The summed E-state index contributed by atoms with van der Waals surface area (Å²) in [4.78, 5) is 28.2. The van der Waals surface area contributed by atoms with Gasteiger partial charge in [0.15, 0.2) is 11.5 Å². The Morgan fingerprint density at radius 3 is 2.20 bits per heavy atom.